The number of benzene rings is 2. The first-order chi connectivity index (χ1) is 9.84. The molecule has 0 unspecified atom stereocenters. The van der Waals surface area contributed by atoms with E-state index in [1.165, 1.54) is 0 Å². The molecule has 0 spiro atoms. The van der Waals surface area contributed by atoms with Crippen LogP contribution in [0.2, 0.25) is 0 Å². The van der Waals surface area contributed by atoms with E-state index < -0.39 is 0 Å². The van der Waals surface area contributed by atoms with Crippen molar-refractivity contribution in [1.82, 2.24) is 0 Å². The van der Waals surface area contributed by atoms with E-state index in [4.69, 9.17) is 4.74 Å². The quantitative estimate of drug-likeness (QED) is 0.852. The van der Waals surface area contributed by atoms with Gasteiger partial charge in [0.1, 0.15) is 12.4 Å². The van der Waals surface area contributed by atoms with Gasteiger partial charge >= 0.3 is 0 Å². The van der Waals surface area contributed by atoms with Crippen molar-refractivity contribution in [3.63, 3.8) is 0 Å². The van der Waals surface area contributed by atoms with Gasteiger partial charge in [-0.2, -0.15) is 0 Å². The number of Topliss-reactive ketones (excluding diaryl/α,β-unsaturated/α-hetero) is 1. The summed E-state index contributed by atoms with van der Waals surface area (Å²) in [4.78, 5) is 14.1. The van der Waals surface area contributed by atoms with Crippen LogP contribution in [-0.4, -0.2) is 25.5 Å². The van der Waals surface area contributed by atoms with Gasteiger partial charge < -0.3 is 9.64 Å². The smallest absolute Gasteiger partial charge is 0.166 e. The highest BCUT2D eigenvalue weighted by molar-refractivity contribution is 6.03. The molecule has 0 aliphatic carbocycles. The summed E-state index contributed by atoms with van der Waals surface area (Å²) in [7, 11) is 0. The van der Waals surface area contributed by atoms with Crippen molar-refractivity contribution in [3.8, 4) is 5.75 Å². The number of carbonyl (C=O) groups excluding carboxylic acids is 1. The van der Waals surface area contributed by atoms with Crippen molar-refractivity contribution >= 4 is 11.5 Å². The maximum absolute atomic E-state index is 11.9. The minimum absolute atomic E-state index is 0.237. The lowest BCUT2D eigenvalue weighted by Gasteiger charge is -2.30. The van der Waals surface area contributed by atoms with Crippen LogP contribution in [-0.2, 0) is 0 Å². The van der Waals surface area contributed by atoms with Gasteiger partial charge in [-0.3, -0.25) is 4.79 Å². The van der Waals surface area contributed by atoms with Gasteiger partial charge in [-0.05, 0) is 24.3 Å². The molecule has 2 aromatic rings. The summed E-state index contributed by atoms with van der Waals surface area (Å²) in [5.74, 6) is 1.12. The van der Waals surface area contributed by atoms with Crippen LogP contribution >= 0.6 is 0 Å². The largest absolute Gasteiger partial charge is 0.492 e. The van der Waals surface area contributed by atoms with Gasteiger partial charge in [-0.15, -0.1) is 0 Å². The molecule has 1 heterocycles. The van der Waals surface area contributed by atoms with Crippen LogP contribution in [0.15, 0.2) is 54.6 Å². The molecule has 3 rings (SSSR count). The first kappa shape index (κ1) is 12.7. The number of para-hydroxylation sites is 2. The maximum atomic E-state index is 11.9. The number of fused-ring (bicyclic) bond motifs is 1. The number of anilines is 1. The molecule has 3 heteroatoms. The molecule has 0 saturated carbocycles. The standard InChI is InChI=1S/C17H17NO2/c19-17-10-11-18(16-9-5-4-8-15(16)17)12-13-20-14-6-2-1-3-7-14/h1-9H,10-13H2. The molecule has 0 amide bonds. The minimum atomic E-state index is 0.237. The van der Waals surface area contributed by atoms with Crippen LogP contribution in [0, 0.1) is 0 Å². The molecule has 0 saturated heterocycles. The van der Waals surface area contributed by atoms with Crippen molar-refractivity contribution in [1.29, 1.82) is 0 Å². The Morgan fingerprint density at radius 1 is 1.00 bits per heavy atom. The second-order valence-corrected chi connectivity index (χ2v) is 4.84. The van der Waals surface area contributed by atoms with Crippen LogP contribution in [0.25, 0.3) is 0 Å². The third-order valence-corrected chi connectivity index (χ3v) is 3.53. The molecule has 1 aliphatic heterocycles. The third-order valence-electron chi connectivity index (χ3n) is 3.53. The van der Waals surface area contributed by atoms with Crippen LogP contribution in [0.3, 0.4) is 0 Å². The molecule has 0 bridgehead atoms. The highest BCUT2D eigenvalue weighted by Crippen LogP contribution is 2.26. The lowest BCUT2D eigenvalue weighted by Crippen LogP contribution is -2.35. The molecule has 0 N–H and O–H groups in total. The molecule has 0 radical (unpaired) electrons. The predicted octanol–water partition coefficient (Wildman–Crippen LogP) is 3.16. The highest BCUT2D eigenvalue weighted by atomic mass is 16.5. The zero-order chi connectivity index (χ0) is 13.8. The van der Waals surface area contributed by atoms with Crippen LogP contribution < -0.4 is 9.64 Å². The minimum Gasteiger partial charge on any atom is -0.492 e. The Morgan fingerprint density at radius 2 is 1.75 bits per heavy atom. The molecular formula is C17H17NO2. The first-order valence-electron chi connectivity index (χ1n) is 6.89. The highest BCUT2D eigenvalue weighted by Gasteiger charge is 2.21. The molecular weight excluding hydrogens is 250 g/mol. The summed E-state index contributed by atoms with van der Waals surface area (Å²) in [6.07, 6.45) is 0.586. The van der Waals surface area contributed by atoms with E-state index in [0.29, 0.717) is 13.0 Å². The van der Waals surface area contributed by atoms with Crippen LogP contribution in [0.1, 0.15) is 16.8 Å². The summed E-state index contributed by atoms with van der Waals surface area (Å²) in [5, 5.41) is 0. The lowest BCUT2D eigenvalue weighted by atomic mass is 10.0. The molecule has 2 aromatic carbocycles. The van der Waals surface area contributed by atoms with E-state index in [9.17, 15) is 4.79 Å². The summed E-state index contributed by atoms with van der Waals surface area (Å²) in [6, 6.07) is 17.6. The van der Waals surface area contributed by atoms with Crippen LogP contribution in [0.4, 0.5) is 5.69 Å². The number of hydrogen-bond acceptors (Lipinski definition) is 3. The number of ether oxygens (including phenoxy) is 1. The summed E-state index contributed by atoms with van der Waals surface area (Å²) < 4.78 is 5.72. The topological polar surface area (TPSA) is 29.5 Å². The Balaban J connectivity index is 1.64. The van der Waals surface area contributed by atoms with Crippen molar-refractivity contribution in [3.05, 3.63) is 60.2 Å². The molecule has 0 fully saturated rings. The number of ketones is 1. The Labute approximate surface area is 118 Å². The zero-order valence-corrected chi connectivity index (χ0v) is 11.3. The molecule has 0 atom stereocenters. The Bertz CT molecular complexity index is 595. The van der Waals surface area contributed by atoms with Gasteiger partial charge in [0.05, 0.1) is 6.54 Å². The average Bonchev–Trinajstić information content (AvgIpc) is 2.51. The van der Waals surface area contributed by atoms with E-state index in [-0.39, 0.29) is 5.78 Å². The fourth-order valence-corrected chi connectivity index (χ4v) is 2.50. The van der Waals surface area contributed by atoms with Crippen LogP contribution in [0.5, 0.6) is 5.75 Å². The number of rotatable bonds is 4. The lowest BCUT2D eigenvalue weighted by molar-refractivity contribution is 0.0979. The fourth-order valence-electron chi connectivity index (χ4n) is 2.50. The summed E-state index contributed by atoms with van der Waals surface area (Å²) >= 11 is 0. The molecule has 3 nitrogen and oxygen atoms in total. The summed E-state index contributed by atoms with van der Waals surface area (Å²) in [6.45, 7) is 2.18. The summed E-state index contributed by atoms with van der Waals surface area (Å²) in [5.41, 5.74) is 1.86. The maximum Gasteiger partial charge on any atom is 0.166 e. The van der Waals surface area contributed by atoms with Gasteiger partial charge in [0.25, 0.3) is 0 Å². The van der Waals surface area contributed by atoms with Gasteiger partial charge in [0, 0.05) is 24.2 Å². The van der Waals surface area contributed by atoms with Crippen molar-refractivity contribution in [2.75, 3.05) is 24.6 Å². The Morgan fingerprint density at radius 3 is 2.60 bits per heavy atom. The Hall–Kier alpha value is -2.29. The van der Waals surface area contributed by atoms with Crippen molar-refractivity contribution < 1.29 is 9.53 Å². The monoisotopic (exact) mass is 267 g/mol. The molecule has 102 valence electrons. The SMILES string of the molecule is O=C1CCN(CCOc2ccccc2)c2ccccc21. The molecule has 0 aromatic heterocycles. The van der Waals surface area contributed by atoms with E-state index in [1.807, 2.05) is 54.6 Å². The van der Waals surface area contributed by atoms with Crippen molar-refractivity contribution in [2.24, 2.45) is 0 Å². The average molecular weight is 267 g/mol. The van der Waals surface area contributed by atoms with Gasteiger partial charge in [-0.1, -0.05) is 30.3 Å². The van der Waals surface area contributed by atoms with Crippen molar-refractivity contribution in [2.45, 2.75) is 6.42 Å². The van der Waals surface area contributed by atoms with Gasteiger partial charge in [-0.25, -0.2) is 0 Å². The fraction of sp³-hybridized carbons (Fsp3) is 0.235. The second-order valence-electron chi connectivity index (χ2n) is 4.84. The second kappa shape index (κ2) is 5.78. The molecule has 20 heavy (non-hydrogen) atoms. The Kier molecular flexibility index (Phi) is 3.68. The van der Waals surface area contributed by atoms with E-state index >= 15 is 0 Å². The van der Waals surface area contributed by atoms with Gasteiger partial charge in [0.2, 0.25) is 0 Å². The number of hydrogen-bond donors (Lipinski definition) is 0. The van der Waals surface area contributed by atoms with E-state index in [0.717, 1.165) is 30.1 Å². The predicted molar refractivity (Wildman–Crippen MR) is 79.5 cm³/mol. The number of nitrogens with zero attached hydrogens (tertiary/aromatic N) is 1. The molecule has 1 aliphatic rings. The van der Waals surface area contributed by atoms with E-state index in [1.54, 1.807) is 0 Å². The zero-order valence-electron chi connectivity index (χ0n) is 11.3. The van der Waals surface area contributed by atoms with Gasteiger partial charge in [0.15, 0.2) is 5.78 Å². The van der Waals surface area contributed by atoms with E-state index in [2.05, 4.69) is 4.90 Å². The number of carbonyl (C=O) groups is 1. The normalized spacial score (nSPS) is 14.0. The first-order valence-corrected chi connectivity index (χ1v) is 6.89. The third kappa shape index (κ3) is 2.67.